The molecule has 1 aliphatic heterocycles. The van der Waals surface area contributed by atoms with E-state index in [1.54, 1.807) is 37.3 Å². The Bertz CT molecular complexity index is 1310. The van der Waals surface area contributed by atoms with E-state index in [1.807, 2.05) is 6.07 Å². The average Bonchev–Trinajstić information content (AvgIpc) is 3.40. The fourth-order valence-corrected chi connectivity index (χ4v) is 6.82. The number of hydrogen-bond donors (Lipinski definition) is 0. The van der Waals surface area contributed by atoms with Crippen LogP contribution in [0.15, 0.2) is 41.3 Å². The van der Waals surface area contributed by atoms with Gasteiger partial charge in [-0.15, -0.1) is 0 Å². The van der Waals surface area contributed by atoms with Crippen molar-refractivity contribution in [1.29, 1.82) is 0 Å². The van der Waals surface area contributed by atoms with Crippen molar-refractivity contribution in [1.82, 2.24) is 14.2 Å². The van der Waals surface area contributed by atoms with E-state index in [0.717, 1.165) is 17.8 Å². The summed E-state index contributed by atoms with van der Waals surface area (Å²) in [5, 5.41) is 0.518. The van der Waals surface area contributed by atoms with Gasteiger partial charge in [0, 0.05) is 31.7 Å². The van der Waals surface area contributed by atoms with Crippen LogP contribution in [-0.4, -0.2) is 95.2 Å². The highest BCUT2D eigenvalue weighted by atomic mass is 32.2. The molecule has 1 saturated heterocycles. The van der Waals surface area contributed by atoms with Crippen molar-refractivity contribution in [3.63, 3.8) is 0 Å². The molecule has 0 N–H and O–H groups in total. The fraction of sp³-hybridized carbons (Fsp3) is 0.462. The highest BCUT2D eigenvalue weighted by molar-refractivity contribution is 7.89. The van der Waals surface area contributed by atoms with Crippen molar-refractivity contribution >= 4 is 42.6 Å². The Hall–Kier alpha value is -2.77. The number of amides is 1. The molecule has 3 aromatic rings. The summed E-state index contributed by atoms with van der Waals surface area (Å²) in [6.07, 6.45) is 0. The van der Waals surface area contributed by atoms with E-state index in [1.165, 1.54) is 27.8 Å². The van der Waals surface area contributed by atoms with Gasteiger partial charge in [0.25, 0.3) is 5.91 Å². The molecule has 0 aliphatic carbocycles. The summed E-state index contributed by atoms with van der Waals surface area (Å²) in [5.41, 5.74) is 1.00. The first-order chi connectivity index (χ1) is 18.3. The van der Waals surface area contributed by atoms with Crippen LogP contribution in [0.3, 0.4) is 0 Å². The molecule has 0 saturated carbocycles. The zero-order valence-electron chi connectivity index (χ0n) is 22.2. The number of benzene rings is 2. The molecule has 2 heterocycles. The lowest BCUT2D eigenvalue weighted by molar-refractivity contribution is 0.0730. The number of morpholine rings is 1. The van der Waals surface area contributed by atoms with Crippen LogP contribution in [-0.2, 0) is 14.8 Å². The standard InChI is InChI=1S/C26H34N4O6S2/c1-5-28(6-2)13-14-30(26-27-23-21(34-3)11-12-22(35-4)24(23)37-26)25(31)19-7-9-20(10-8-19)38(32,33)29-15-17-36-18-16-29/h7-12H,5-6,13-18H2,1-4H3. The summed E-state index contributed by atoms with van der Waals surface area (Å²) in [5.74, 6) is 0.986. The van der Waals surface area contributed by atoms with Gasteiger partial charge in [0.05, 0.1) is 32.3 Å². The molecular formula is C26H34N4O6S2. The van der Waals surface area contributed by atoms with Crippen molar-refractivity contribution in [2.75, 3.05) is 71.6 Å². The van der Waals surface area contributed by atoms with Crippen molar-refractivity contribution in [3.8, 4) is 11.5 Å². The smallest absolute Gasteiger partial charge is 0.260 e. The monoisotopic (exact) mass is 562 g/mol. The van der Waals surface area contributed by atoms with Crippen LogP contribution in [0.1, 0.15) is 24.2 Å². The maximum absolute atomic E-state index is 13.8. The third-order valence-electron chi connectivity index (χ3n) is 6.62. The quantitative estimate of drug-likeness (QED) is 0.351. The van der Waals surface area contributed by atoms with Gasteiger partial charge in [-0.3, -0.25) is 9.69 Å². The van der Waals surface area contributed by atoms with Crippen LogP contribution < -0.4 is 14.4 Å². The van der Waals surface area contributed by atoms with Gasteiger partial charge < -0.3 is 19.1 Å². The zero-order chi connectivity index (χ0) is 27.3. The van der Waals surface area contributed by atoms with Crippen molar-refractivity contribution in [3.05, 3.63) is 42.0 Å². The highest BCUT2D eigenvalue weighted by Crippen LogP contribution is 2.40. The largest absolute Gasteiger partial charge is 0.495 e. The highest BCUT2D eigenvalue weighted by Gasteiger charge is 2.28. The lowest BCUT2D eigenvalue weighted by Gasteiger charge is -2.26. The number of nitrogens with zero attached hydrogens (tertiary/aromatic N) is 4. The molecule has 4 rings (SSSR count). The van der Waals surface area contributed by atoms with E-state index in [2.05, 4.69) is 18.7 Å². The predicted octanol–water partition coefficient (Wildman–Crippen LogP) is 3.32. The number of methoxy groups -OCH3 is 2. The molecule has 0 bridgehead atoms. The number of likely N-dealkylation sites (N-methyl/N-ethyl adjacent to an activating group) is 1. The number of anilines is 1. The van der Waals surface area contributed by atoms with E-state index in [-0.39, 0.29) is 10.8 Å². The first-order valence-corrected chi connectivity index (χ1v) is 14.8. The van der Waals surface area contributed by atoms with Crippen molar-refractivity contribution in [2.24, 2.45) is 0 Å². The molecule has 38 heavy (non-hydrogen) atoms. The molecule has 0 atom stereocenters. The topological polar surface area (TPSA) is 102 Å². The minimum absolute atomic E-state index is 0.153. The second-order valence-electron chi connectivity index (χ2n) is 8.67. The SMILES string of the molecule is CCN(CC)CCN(C(=O)c1ccc(S(=O)(=O)N2CCOCC2)cc1)c1nc2c(OC)ccc(OC)c2s1. The van der Waals surface area contributed by atoms with Gasteiger partial charge in [-0.05, 0) is 49.5 Å². The minimum Gasteiger partial charge on any atom is -0.495 e. The molecule has 0 unspecified atom stereocenters. The van der Waals surface area contributed by atoms with Crippen LogP contribution in [0.25, 0.3) is 10.2 Å². The molecule has 10 nitrogen and oxygen atoms in total. The van der Waals surface area contributed by atoms with Gasteiger partial charge in [-0.1, -0.05) is 25.2 Å². The number of carbonyl (C=O) groups excluding carboxylic acids is 1. The normalized spacial score (nSPS) is 14.7. The molecule has 206 valence electrons. The Morgan fingerprint density at radius 3 is 2.24 bits per heavy atom. The summed E-state index contributed by atoms with van der Waals surface area (Å²) in [6.45, 7) is 8.31. The number of ether oxygens (including phenoxy) is 3. The Morgan fingerprint density at radius 1 is 1.00 bits per heavy atom. The van der Waals surface area contributed by atoms with E-state index < -0.39 is 10.0 Å². The van der Waals surface area contributed by atoms with Crippen molar-refractivity contribution < 1.29 is 27.4 Å². The molecule has 1 aliphatic rings. The number of sulfonamides is 1. The van der Waals surface area contributed by atoms with E-state index in [9.17, 15) is 13.2 Å². The molecule has 2 aromatic carbocycles. The van der Waals surface area contributed by atoms with E-state index in [0.29, 0.717) is 67.1 Å². The minimum atomic E-state index is -3.65. The third kappa shape index (κ3) is 5.79. The maximum Gasteiger partial charge on any atom is 0.260 e. The number of carbonyl (C=O) groups is 1. The van der Waals surface area contributed by atoms with Crippen LogP contribution >= 0.6 is 11.3 Å². The first kappa shape index (κ1) is 28.2. The average molecular weight is 563 g/mol. The van der Waals surface area contributed by atoms with Crippen LogP contribution in [0, 0.1) is 0 Å². The molecule has 1 amide bonds. The van der Waals surface area contributed by atoms with Gasteiger partial charge in [-0.25, -0.2) is 13.4 Å². The van der Waals surface area contributed by atoms with Gasteiger partial charge >= 0.3 is 0 Å². The van der Waals surface area contributed by atoms with Crippen LogP contribution in [0.5, 0.6) is 11.5 Å². The summed E-state index contributed by atoms with van der Waals surface area (Å²) in [7, 11) is -0.481. The maximum atomic E-state index is 13.8. The first-order valence-electron chi connectivity index (χ1n) is 12.6. The Kier molecular flexibility index (Phi) is 9.21. The van der Waals surface area contributed by atoms with Gasteiger partial charge in [-0.2, -0.15) is 4.31 Å². The molecule has 0 radical (unpaired) electrons. The molecular weight excluding hydrogens is 528 g/mol. The molecule has 12 heteroatoms. The van der Waals surface area contributed by atoms with Gasteiger partial charge in [0.15, 0.2) is 5.13 Å². The van der Waals surface area contributed by atoms with E-state index >= 15 is 0 Å². The number of hydrogen-bond acceptors (Lipinski definition) is 9. The molecule has 1 fully saturated rings. The summed E-state index contributed by atoms with van der Waals surface area (Å²) in [6, 6.07) is 9.72. The Balaban J connectivity index is 1.68. The van der Waals surface area contributed by atoms with Crippen LogP contribution in [0.4, 0.5) is 5.13 Å². The molecule has 1 aromatic heterocycles. The number of rotatable bonds is 11. The molecule has 0 spiro atoms. The fourth-order valence-electron chi connectivity index (χ4n) is 4.32. The van der Waals surface area contributed by atoms with E-state index in [4.69, 9.17) is 19.2 Å². The number of aromatic nitrogens is 1. The Labute approximate surface area is 227 Å². The summed E-state index contributed by atoms with van der Waals surface area (Å²) < 4.78 is 44.5. The van der Waals surface area contributed by atoms with Crippen molar-refractivity contribution in [2.45, 2.75) is 18.7 Å². The Morgan fingerprint density at radius 2 is 1.63 bits per heavy atom. The third-order valence-corrected chi connectivity index (χ3v) is 9.62. The number of thiazole rings is 1. The van der Waals surface area contributed by atoms with Gasteiger partial charge in [0.1, 0.15) is 21.7 Å². The second-order valence-corrected chi connectivity index (χ2v) is 11.6. The van der Waals surface area contributed by atoms with Gasteiger partial charge in [0.2, 0.25) is 10.0 Å². The summed E-state index contributed by atoms with van der Waals surface area (Å²) >= 11 is 1.36. The lowest BCUT2D eigenvalue weighted by Crippen LogP contribution is -2.40. The van der Waals surface area contributed by atoms with Crippen LogP contribution in [0.2, 0.25) is 0 Å². The lowest BCUT2D eigenvalue weighted by atomic mass is 10.2. The predicted molar refractivity (Wildman–Crippen MR) is 148 cm³/mol. The second kappa shape index (κ2) is 12.4. The zero-order valence-corrected chi connectivity index (χ0v) is 23.8. The number of fused-ring (bicyclic) bond motifs is 1. The summed E-state index contributed by atoms with van der Waals surface area (Å²) in [4.78, 5) is 22.6.